The largest absolute Gasteiger partial charge is 0.483 e. The maximum atomic E-state index is 11.8. The molecule has 0 spiro atoms. The van der Waals surface area contributed by atoms with Gasteiger partial charge in [-0.25, -0.2) is 23.8 Å². The molecule has 1 saturated heterocycles. The molecule has 1 fully saturated rings. The molecule has 16 nitrogen and oxygen atoms in total. The summed E-state index contributed by atoms with van der Waals surface area (Å²) >= 11 is 0. The van der Waals surface area contributed by atoms with Crippen molar-refractivity contribution in [1.29, 1.82) is 0 Å². The number of fused-ring (bicyclic) bond motifs is 1. The molecule has 6 atom stereocenters. The number of hydrogen-bond acceptors (Lipinski definition) is 12. The minimum Gasteiger partial charge on any atom is -0.387 e. The molecule has 8 N–H and O–H groups in total. The minimum absolute atomic E-state index is 0.109. The highest BCUT2D eigenvalue weighted by atomic mass is 31.3. The van der Waals surface area contributed by atoms with Gasteiger partial charge >= 0.3 is 15.6 Å². The summed E-state index contributed by atoms with van der Waals surface area (Å²) in [7, 11) is -10.9. The van der Waals surface area contributed by atoms with E-state index in [9.17, 15) is 29.3 Å². The minimum atomic E-state index is -5.49. The number of phosphoric acid groups is 2. The Labute approximate surface area is 202 Å². The second-order valence-corrected chi connectivity index (χ2v) is 10.6. The van der Waals surface area contributed by atoms with Crippen molar-refractivity contribution in [3.8, 4) is 0 Å². The van der Waals surface area contributed by atoms with Crippen molar-refractivity contribution in [2.45, 2.75) is 43.7 Å². The topological polar surface area (TPSA) is 253 Å². The first-order valence-electron chi connectivity index (χ1n) is 10.4. The fourth-order valence-electron chi connectivity index (χ4n) is 3.80. The van der Waals surface area contributed by atoms with Crippen molar-refractivity contribution < 1.29 is 52.7 Å². The van der Waals surface area contributed by atoms with Crippen molar-refractivity contribution in [2.75, 3.05) is 5.73 Å². The molecule has 2 aromatic heterocycles. The molecule has 1 aromatic carbocycles. The molecule has 0 amide bonds. The van der Waals surface area contributed by atoms with Crippen LogP contribution in [0.5, 0.6) is 0 Å². The van der Waals surface area contributed by atoms with Crippen molar-refractivity contribution in [3.63, 3.8) is 0 Å². The van der Waals surface area contributed by atoms with Crippen LogP contribution in [0.1, 0.15) is 17.5 Å². The summed E-state index contributed by atoms with van der Waals surface area (Å²) in [5.74, 6) is 0.109. The number of aliphatic hydroxyl groups excluding tert-OH is 3. The number of hydrogen-bond donors (Lipinski definition) is 7. The molecule has 3 aromatic rings. The van der Waals surface area contributed by atoms with Crippen LogP contribution < -0.4 is 5.73 Å². The van der Waals surface area contributed by atoms with E-state index < -0.39 is 46.5 Å². The molecular formula is C18H23N5O11P2. The molecule has 0 radical (unpaired) electrons. The normalized spacial score (nSPS) is 25.2. The quantitative estimate of drug-likeness (QED) is 0.130. The number of aliphatic hydroxyl groups is 3. The number of nitrogens with zero attached hydrogens (tertiary/aromatic N) is 4. The number of aryl methyl sites for hydroxylation is 2. The van der Waals surface area contributed by atoms with Gasteiger partial charge in [-0.05, 0) is 18.4 Å². The molecule has 1 aliphatic rings. The lowest BCUT2D eigenvalue weighted by atomic mass is 10.1. The Balaban J connectivity index is 1.60. The van der Waals surface area contributed by atoms with E-state index in [4.69, 9.17) is 20.3 Å². The molecule has 0 aliphatic carbocycles. The third-order valence-corrected chi connectivity index (χ3v) is 7.49. The Morgan fingerprint density at radius 3 is 2.44 bits per heavy atom. The second kappa shape index (κ2) is 10.2. The molecule has 0 saturated carbocycles. The monoisotopic (exact) mass is 547 g/mol. The molecule has 1 aliphatic heterocycles. The smallest absolute Gasteiger partial charge is 0.387 e. The van der Waals surface area contributed by atoms with Crippen LogP contribution in [0.4, 0.5) is 5.82 Å². The Hall–Kier alpha value is -2.33. The van der Waals surface area contributed by atoms with Crippen LogP contribution in [-0.2, 0) is 35.5 Å². The van der Waals surface area contributed by atoms with Gasteiger partial charge in [-0.15, -0.1) is 0 Å². The summed E-state index contributed by atoms with van der Waals surface area (Å²) in [5, 5.41) is 36.0. The van der Waals surface area contributed by atoms with Crippen molar-refractivity contribution in [3.05, 3.63) is 47.9 Å². The van der Waals surface area contributed by atoms with E-state index >= 15 is 0 Å². The number of nitrogens with two attached hydrogens (primary N) is 1. The molecule has 18 heteroatoms. The molecule has 36 heavy (non-hydrogen) atoms. The first kappa shape index (κ1) is 26.7. The number of ether oxygens (including phenoxy) is 1. The molecule has 0 bridgehead atoms. The lowest BCUT2D eigenvalue weighted by Gasteiger charge is -2.22. The SMILES string of the molecule is Nc1ncnc2c1c(CCc1ccccc1)nn2[C@@H]1O[C@H](C(O)OP(=O)(O)OP(=O)(O)O)[C@@H](O)[C@H]1O. The van der Waals surface area contributed by atoms with Crippen LogP contribution in [-0.4, -0.2) is 74.4 Å². The first-order chi connectivity index (χ1) is 16.9. The standard InChI is InChI=1S/C18H23N5O11P2/c19-15-11-10(7-6-9-4-2-1-3-5-9)22-23(16(11)21-8-20-15)17-13(25)12(24)14(32-17)18(26)33-36(30,31)34-35(27,28)29/h1-5,8,12-14,17-18,24-26H,6-7H2,(H,30,31)(H2,19,20,21)(H2,27,28,29)/t12-,13+,14-,17+,18?/m0/s1. The van der Waals surface area contributed by atoms with Gasteiger partial charge in [-0.3, -0.25) is 4.52 Å². The van der Waals surface area contributed by atoms with Gasteiger partial charge in [-0.1, -0.05) is 30.3 Å². The van der Waals surface area contributed by atoms with E-state index in [1.54, 1.807) is 0 Å². The zero-order valence-electron chi connectivity index (χ0n) is 18.3. The summed E-state index contributed by atoms with van der Waals surface area (Å²) in [6.45, 7) is 0. The van der Waals surface area contributed by atoms with Gasteiger partial charge in [0.25, 0.3) is 0 Å². The second-order valence-electron chi connectivity index (χ2n) is 7.84. The van der Waals surface area contributed by atoms with E-state index in [0.29, 0.717) is 23.9 Å². The van der Waals surface area contributed by atoms with Gasteiger partial charge in [0.1, 0.15) is 30.5 Å². The summed E-state index contributed by atoms with van der Waals surface area (Å²) in [5.41, 5.74) is 7.68. The zero-order valence-corrected chi connectivity index (χ0v) is 20.0. The van der Waals surface area contributed by atoms with Gasteiger partial charge in [0.05, 0.1) is 11.1 Å². The number of nitrogen functional groups attached to an aromatic ring is 1. The fraction of sp³-hybridized carbons (Fsp3) is 0.389. The van der Waals surface area contributed by atoms with Gasteiger partial charge < -0.3 is 40.5 Å². The lowest BCUT2D eigenvalue weighted by molar-refractivity contribution is -0.161. The molecular weight excluding hydrogens is 524 g/mol. The van der Waals surface area contributed by atoms with Crippen LogP contribution in [0, 0.1) is 0 Å². The number of aromatic nitrogens is 4. The van der Waals surface area contributed by atoms with Crippen LogP contribution in [0.2, 0.25) is 0 Å². The fourth-order valence-corrected chi connectivity index (χ4v) is 5.42. The number of anilines is 1. The molecule has 3 heterocycles. The average molecular weight is 547 g/mol. The van der Waals surface area contributed by atoms with Crippen molar-refractivity contribution >= 4 is 32.5 Å². The third kappa shape index (κ3) is 5.80. The maximum Gasteiger partial charge on any atom is 0.483 e. The van der Waals surface area contributed by atoms with Crippen LogP contribution in [0.3, 0.4) is 0 Å². The van der Waals surface area contributed by atoms with Crippen molar-refractivity contribution in [1.82, 2.24) is 19.7 Å². The van der Waals surface area contributed by atoms with E-state index in [1.165, 1.54) is 0 Å². The number of phosphoric ester groups is 1. The molecule has 4 rings (SSSR count). The van der Waals surface area contributed by atoms with Crippen LogP contribution in [0.15, 0.2) is 36.7 Å². The van der Waals surface area contributed by atoms with E-state index in [1.807, 2.05) is 30.3 Å². The van der Waals surface area contributed by atoms with Gasteiger partial charge in [0, 0.05) is 0 Å². The average Bonchev–Trinajstić information content (AvgIpc) is 3.29. The van der Waals surface area contributed by atoms with Gasteiger partial charge in [0.2, 0.25) is 0 Å². The lowest BCUT2D eigenvalue weighted by Crippen LogP contribution is -2.39. The predicted octanol–water partition coefficient (Wildman–Crippen LogP) is -0.642. The molecule has 2 unspecified atom stereocenters. The van der Waals surface area contributed by atoms with Gasteiger partial charge in [-0.2, -0.15) is 9.41 Å². The number of rotatable bonds is 9. The third-order valence-electron chi connectivity index (χ3n) is 5.33. The Morgan fingerprint density at radius 2 is 1.78 bits per heavy atom. The zero-order chi connectivity index (χ0) is 26.3. The predicted molar refractivity (Wildman–Crippen MR) is 120 cm³/mol. The summed E-state index contributed by atoms with van der Waals surface area (Å²) in [4.78, 5) is 35.0. The molecule has 196 valence electrons. The van der Waals surface area contributed by atoms with Crippen molar-refractivity contribution in [2.24, 2.45) is 0 Å². The summed E-state index contributed by atoms with van der Waals surface area (Å²) in [6.07, 6.45) is -7.24. The Morgan fingerprint density at radius 1 is 1.08 bits per heavy atom. The Bertz CT molecular complexity index is 1320. The highest BCUT2D eigenvalue weighted by Gasteiger charge is 2.50. The summed E-state index contributed by atoms with van der Waals surface area (Å²) in [6, 6.07) is 9.52. The van der Waals surface area contributed by atoms with Gasteiger partial charge in [0.15, 0.2) is 18.2 Å². The maximum absolute atomic E-state index is 11.8. The van der Waals surface area contributed by atoms with E-state index in [2.05, 4.69) is 23.9 Å². The highest BCUT2D eigenvalue weighted by Crippen LogP contribution is 2.58. The highest BCUT2D eigenvalue weighted by molar-refractivity contribution is 7.60. The van der Waals surface area contributed by atoms with E-state index in [-0.39, 0.29) is 11.5 Å². The van der Waals surface area contributed by atoms with E-state index in [0.717, 1.165) is 16.6 Å². The Kier molecular flexibility index (Phi) is 7.57. The summed E-state index contributed by atoms with van der Waals surface area (Å²) < 4.78 is 37.1. The van der Waals surface area contributed by atoms with Crippen LogP contribution in [0.25, 0.3) is 11.0 Å². The van der Waals surface area contributed by atoms with Crippen LogP contribution >= 0.6 is 15.6 Å². The first-order valence-corrected chi connectivity index (χ1v) is 13.4. The number of benzene rings is 1.